The Labute approximate surface area is 181 Å². The number of methoxy groups -OCH3 is 1. The number of alkyl halides is 1. The summed E-state index contributed by atoms with van der Waals surface area (Å²) in [5.41, 5.74) is 3.12. The Morgan fingerprint density at radius 2 is 2.00 bits per heavy atom. The predicted molar refractivity (Wildman–Crippen MR) is 121 cm³/mol. The van der Waals surface area contributed by atoms with Gasteiger partial charge in [0.15, 0.2) is 0 Å². The lowest BCUT2D eigenvalue weighted by Gasteiger charge is -2.42. The Morgan fingerprint density at radius 3 is 2.61 bits per heavy atom. The van der Waals surface area contributed by atoms with E-state index in [-0.39, 0.29) is 11.6 Å². The maximum absolute atomic E-state index is 11.6. The highest BCUT2D eigenvalue weighted by molar-refractivity contribution is 9.08. The summed E-state index contributed by atoms with van der Waals surface area (Å²) in [6.45, 7) is 4.41. The zero-order chi connectivity index (χ0) is 20.1. The number of unbranched alkanes of at least 4 members (excludes halogenated alkanes) is 1. The van der Waals surface area contributed by atoms with Crippen LogP contribution >= 0.6 is 27.7 Å². The topological polar surface area (TPSA) is 32.7 Å². The van der Waals surface area contributed by atoms with E-state index in [9.17, 15) is 5.21 Å². The van der Waals surface area contributed by atoms with E-state index >= 15 is 0 Å². The molecule has 0 unspecified atom stereocenters. The Bertz CT molecular complexity index is 786. The molecule has 0 bridgehead atoms. The van der Waals surface area contributed by atoms with Crippen LogP contribution in [-0.4, -0.2) is 28.7 Å². The van der Waals surface area contributed by atoms with E-state index < -0.39 is 0 Å². The molecule has 0 amide bonds. The molecule has 0 fully saturated rings. The second-order valence-electron chi connectivity index (χ2n) is 7.46. The smallest absolute Gasteiger partial charge is 0.123 e. The van der Waals surface area contributed by atoms with Crippen molar-refractivity contribution in [2.45, 2.75) is 61.3 Å². The number of hydrogen-bond acceptors (Lipinski definition) is 4. The number of benzene rings is 2. The largest absolute Gasteiger partial charge is 0.496 e. The minimum Gasteiger partial charge on any atom is -0.496 e. The zero-order valence-corrected chi connectivity index (χ0v) is 19.4. The van der Waals surface area contributed by atoms with Crippen molar-refractivity contribution >= 4 is 27.7 Å². The average molecular weight is 464 g/mol. The van der Waals surface area contributed by atoms with Gasteiger partial charge in [-0.15, -0.1) is 11.8 Å². The summed E-state index contributed by atoms with van der Waals surface area (Å²) >= 11 is 5.45. The van der Waals surface area contributed by atoms with Crippen LogP contribution in [0, 0.1) is 0 Å². The summed E-state index contributed by atoms with van der Waals surface area (Å²) < 4.78 is 5.67. The van der Waals surface area contributed by atoms with Gasteiger partial charge in [0.2, 0.25) is 0 Å². The van der Waals surface area contributed by atoms with Gasteiger partial charge in [0.1, 0.15) is 5.75 Å². The number of thioether (sulfide) groups is 1. The van der Waals surface area contributed by atoms with Crippen LogP contribution in [0.25, 0.3) is 0 Å². The van der Waals surface area contributed by atoms with Gasteiger partial charge in [0, 0.05) is 21.5 Å². The summed E-state index contributed by atoms with van der Waals surface area (Å²) in [5, 5.41) is 14.1. The molecule has 152 valence electrons. The van der Waals surface area contributed by atoms with Crippen LogP contribution in [0.1, 0.15) is 62.3 Å². The number of fused-ring (bicyclic) bond motifs is 1. The van der Waals surface area contributed by atoms with Crippen molar-refractivity contribution in [3.63, 3.8) is 0 Å². The normalized spacial score (nSPS) is 22.5. The van der Waals surface area contributed by atoms with Crippen molar-refractivity contribution in [2.75, 3.05) is 12.9 Å². The van der Waals surface area contributed by atoms with E-state index in [0.717, 1.165) is 59.2 Å². The number of rotatable bonds is 7. The fourth-order valence-electron chi connectivity index (χ4n) is 4.02. The van der Waals surface area contributed by atoms with Gasteiger partial charge in [-0.05, 0) is 36.1 Å². The molecule has 0 aromatic heterocycles. The molecule has 0 saturated heterocycles. The molecular weight excluding hydrogens is 434 g/mol. The van der Waals surface area contributed by atoms with Crippen molar-refractivity contribution in [3.05, 3.63) is 59.2 Å². The van der Waals surface area contributed by atoms with Gasteiger partial charge in [-0.2, -0.15) is 5.06 Å². The van der Waals surface area contributed by atoms with E-state index in [4.69, 9.17) is 4.74 Å². The van der Waals surface area contributed by atoms with Gasteiger partial charge in [-0.3, -0.25) is 0 Å². The van der Waals surface area contributed by atoms with Gasteiger partial charge in [0.25, 0.3) is 0 Å². The lowest BCUT2D eigenvalue weighted by atomic mass is 9.87. The molecule has 0 saturated carbocycles. The molecule has 0 aliphatic carbocycles. The van der Waals surface area contributed by atoms with Gasteiger partial charge >= 0.3 is 0 Å². The summed E-state index contributed by atoms with van der Waals surface area (Å²) in [5.74, 6) is 1.74. The minimum absolute atomic E-state index is 0.207. The Kier molecular flexibility index (Phi) is 7.48. The Morgan fingerprint density at radius 1 is 1.25 bits per heavy atom. The van der Waals surface area contributed by atoms with Crippen LogP contribution < -0.4 is 4.74 Å². The number of halogens is 1. The third-order valence-corrected chi connectivity index (χ3v) is 7.80. The lowest BCUT2D eigenvalue weighted by molar-refractivity contribution is -0.193. The van der Waals surface area contributed by atoms with Crippen molar-refractivity contribution < 1.29 is 9.94 Å². The highest BCUT2D eigenvalue weighted by atomic mass is 79.9. The van der Waals surface area contributed by atoms with Crippen LogP contribution in [0.2, 0.25) is 0 Å². The first kappa shape index (κ1) is 21.7. The van der Waals surface area contributed by atoms with E-state index in [1.807, 2.05) is 30.0 Å². The number of hydrogen-bond donors (Lipinski definition) is 1. The molecule has 1 heterocycles. The quantitative estimate of drug-likeness (QED) is 0.456. The number of ether oxygens (including phenoxy) is 1. The van der Waals surface area contributed by atoms with Gasteiger partial charge < -0.3 is 9.94 Å². The van der Waals surface area contributed by atoms with Crippen molar-refractivity contribution in [1.82, 2.24) is 5.06 Å². The molecule has 5 heteroatoms. The average Bonchev–Trinajstić information content (AvgIpc) is 2.86. The maximum atomic E-state index is 11.6. The van der Waals surface area contributed by atoms with Crippen molar-refractivity contribution in [3.8, 4) is 5.75 Å². The van der Waals surface area contributed by atoms with Gasteiger partial charge in [-0.1, -0.05) is 73.0 Å². The first-order chi connectivity index (χ1) is 13.6. The van der Waals surface area contributed by atoms with Crippen molar-refractivity contribution in [2.24, 2.45) is 0 Å². The molecule has 0 spiro atoms. The minimum atomic E-state index is -0.248. The fraction of sp³-hybridized carbons (Fsp3) is 0.478. The molecule has 3 nitrogen and oxygen atoms in total. The fourth-order valence-corrected chi connectivity index (χ4v) is 5.93. The first-order valence-electron chi connectivity index (χ1n) is 10.0. The summed E-state index contributed by atoms with van der Waals surface area (Å²) in [6.07, 6.45) is 4.14. The molecule has 1 aliphatic heterocycles. The van der Waals surface area contributed by atoms with Crippen LogP contribution in [0.4, 0.5) is 0 Å². The lowest BCUT2D eigenvalue weighted by Crippen LogP contribution is -2.49. The standard InChI is InChI=1S/C23H30BrNO2S/c1-4-6-12-23(5-2)16-28-21-13-18(15-24)20(27-3)14-19(21)22(25(23)26)17-10-8-7-9-11-17/h7-11,13-14,22,26H,4-6,12,15-16H2,1-3H3/t22-,23-/m1/s1. The second-order valence-corrected chi connectivity index (χ2v) is 9.04. The van der Waals surface area contributed by atoms with Crippen molar-refractivity contribution in [1.29, 1.82) is 0 Å². The number of nitrogens with zero attached hydrogens (tertiary/aromatic N) is 1. The third-order valence-electron chi connectivity index (χ3n) is 5.85. The van der Waals surface area contributed by atoms with Gasteiger partial charge in [-0.25, -0.2) is 0 Å². The monoisotopic (exact) mass is 463 g/mol. The molecule has 1 aliphatic rings. The van der Waals surface area contributed by atoms with Crippen LogP contribution in [0.5, 0.6) is 5.75 Å². The van der Waals surface area contributed by atoms with E-state index in [2.05, 4.69) is 54.0 Å². The molecule has 2 atom stereocenters. The van der Waals surface area contributed by atoms with E-state index in [1.54, 1.807) is 12.2 Å². The van der Waals surface area contributed by atoms with E-state index in [1.165, 1.54) is 4.90 Å². The summed E-state index contributed by atoms with van der Waals surface area (Å²) in [6, 6.07) is 14.5. The maximum Gasteiger partial charge on any atom is 0.123 e. The highest BCUT2D eigenvalue weighted by Crippen LogP contribution is 2.48. The molecule has 28 heavy (non-hydrogen) atoms. The predicted octanol–water partition coefficient (Wildman–Crippen LogP) is 6.82. The molecule has 2 aromatic carbocycles. The van der Waals surface area contributed by atoms with Crippen LogP contribution in [-0.2, 0) is 5.33 Å². The molecular formula is C23H30BrNO2S. The first-order valence-corrected chi connectivity index (χ1v) is 12.1. The Hall–Kier alpha value is -1.01. The van der Waals surface area contributed by atoms with Crippen LogP contribution in [0.15, 0.2) is 47.4 Å². The molecule has 0 radical (unpaired) electrons. The SMILES string of the molecule is CCCC[C@]1(CC)CSc2cc(CBr)c(OC)cc2[C@@H](c2ccccc2)N1O. The van der Waals surface area contributed by atoms with Gasteiger partial charge in [0.05, 0.1) is 18.7 Å². The molecule has 3 rings (SSSR count). The number of hydroxylamine groups is 2. The summed E-state index contributed by atoms with van der Waals surface area (Å²) in [4.78, 5) is 1.23. The molecule has 2 aromatic rings. The summed E-state index contributed by atoms with van der Waals surface area (Å²) in [7, 11) is 1.71. The van der Waals surface area contributed by atoms with Crippen LogP contribution in [0.3, 0.4) is 0 Å². The Balaban J connectivity index is 2.18. The highest BCUT2D eigenvalue weighted by Gasteiger charge is 2.43. The third kappa shape index (κ3) is 4.13. The van der Waals surface area contributed by atoms with E-state index in [0.29, 0.717) is 0 Å². The molecule has 1 N–H and O–H groups in total. The second kappa shape index (κ2) is 9.66. The zero-order valence-electron chi connectivity index (χ0n) is 17.0.